The first-order valence-corrected chi connectivity index (χ1v) is 12.8. The number of primary amides is 1. The molecule has 0 radical (unpaired) electrons. The number of halogens is 1. The monoisotopic (exact) mass is 545 g/mol. The summed E-state index contributed by atoms with van der Waals surface area (Å²) in [5.41, 5.74) is 1.32. The Balaban J connectivity index is 1.88. The lowest BCUT2D eigenvalue weighted by atomic mass is 9.57. The van der Waals surface area contributed by atoms with Crippen LogP contribution >= 0.6 is 0 Å². The first-order chi connectivity index (χ1) is 17.9. The third-order valence-electron chi connectivity index (χ3n) is 7.93. The average Bonchev–Trinajstić information content (AvgIpc) is 2.77. The lowest BCUT2D eigenvalue weighted by Crippen LogP contribution is -2.65. The van der Waals surface area contributed by atoms with Gasteiger partial charge in [0.25, 0.3) is 5.91 Å². The summed E-state index contributed by atoms with van der Waals surface area (Å²) < 4.78 is 15.4. The number of hydrogen-bond donors (Lipinski definition) is 5. The van der Waals surface area contributed by atoms with Crippen LogP contribution in [0.4, 0.5) is 4.39 Å². The van der Waals surface area contributed by atoms with Gasteiger partial charge in [0.2, 0.25) is 5.78 Å². The highest BCUT2D eigenvalue weighted by Crippen LogP contribution is 2.53. The summed E-state index contributed by atoms with van der Waals surface area (Å²) in [7, 11) is 4.85. The van der Waals surface area contributed by atoms with Crippen LogP contribution in [0.15, 0.2) is 23.0 Å². The molecule has 0 unspecified atom stereocenters. The summed E-state index contributed by atoms with van der Waals surface area (Å²) in [5.74, 6) is -8.22. The summed E-state index contributed by atoms with van der Waals surface area (Å²) in [5, 5.41) is 45.0. The van der Waals surface area contributed by atoms with Crippen LogP contribution in [-0.2, 0) is 27.3 Å². The Bertz CT molecular complexity index is 1340. The summed E-state index contributed by atoms with van der Waals surface area (Å²) in [6.45, 7) is 6.90. The fourth-order valence-electron chi connectivity index (χ4n) is 6.60. The molecule has 0 spiro atoms. The second-order valence-electron chi connectivity index (χ2n) is 12.4. The number of nitrogens with zero attached hydrogens (tertiary/aromatic N) is 2. The Morgan fingerprint density at radius 2 is 1.79 bits per heavy atom. The fraction of sp³-hybridized carbons (Fsp3) is 0.536. The zero-order valence-electron chi connectivity index (χ0n) is 23.0. The molecule has 1 aromatic rings. The first kappa shape index (κ1) is 28.7. The smallest absolute Gasteiger partial charge is 0.255 e. The SMILES string of the molecule is CN(Cc1cc(F)c2c(c1O)C(O)=C1C(=O)[C@]3(O)C(O)=C(C(N)=O)C(=O)[C@@H](N(C)C)[C@@H]3C[C@@H]1C2)CC(C)(C)C. The molecule has 3 aliphatic rings. The number of aliphatic hydroxyl groups is 3. The second-order valence-corrected chi connectivity index (χ2v) is 12.4. The van der Waals surface area contributed by atoms with E-state index in [2.05, 4.69) is 0 Å². The predicted molar refractivity (Wildman–Crippen MR) is 140 cm³/mol. The van der Waals surface area contributed by atoms with Gasteiger partial charge in [-0.3, -0.25) is 19.3 Å². The van der Waals surface area contributed by atoms with Crippen LogP contribution in [0.5, 0.6) is 5.75 Å². The molecule has 3 aliphatic carbocycles. The summed E-state index contributed by atoms with van der Waals surface area (Å²) in [6.07, 6.45) is -0.186. The maximum atomic E-state index is 15.4. The average molecular weight is 546 g/mol. The number of Topliss-reactive ketones (excluding diaryl/α,β-unsaturated/α-hetero) is 2. The predicted octanol–water partition coefficient (Wildman–Crippen LogP) is 1.58. The van der Waals surface area contributed by atoms with Gasteiger partial charge in [-0.1, -0.05) is 20.8 Å². The number of carbonyl (C=O) groups excluding carboxylic acids is 3. The number of aromatic hydroxyl groups is 1. The number of amides is 1. The van der Waals surface area contributed by atoms with E-state index in [1.165, 1.54) is 25.1 Å². The molecule has 1 saturated carbocycles. The van der Waals surface area contributed by atoms with Crippen LogP contribution in [0.25, 0.3) is 5.76 Å². The Morgan fingerprint density at radius 1 is 1.18 bits per heavy atom. The van der Waals surface area contributed by atoms with E-state index in [0.29, 0.717) is 6.54 Å². The van der Waals surface area contributed by atoms with Crippen molar-refractivity contribution in [1.29, 1.82) is 0 Å². The topological polar surface area (TPSA) is 165 Å². The Morgan fingerprint density at radius 3 is 2.33 bits per heavy atom. The highest BCUT2D eigenvalue weighted by atomic mass is 19.1. The molecule has 11 heteroatoms. The molecule has 4 atom stereocenters. The number of phenols is 1. The number of benzene rings is 1. The minimum atomic E-state index is -2.73. The number of nitrogens with two attached hydrogens (primary N) is 1. The number of rotatable bonds is 5. The number of likely N-dealkylation sites (N-methyl/N-ethyl adjacent to an activating group) is 1. The van der Waals surface area contributed by atoms with Crippen LogP contribution in [-0.4, -0.2) is 87.0 Å². The van der Waals surface area contributed by atoms with Crippen molar-refractivity contribution in [3.05, 3.63) is 45.5 Å². The van der Waals surface area contributed by atoms with E-state index in [4.69, 9.17) is 5.73 Å². The molecule has 10 nitrogen and oxygen atoms in total. The van der Waals surface area contributed by atoms with Gasteiger partial charge in [-0.05, 0) is 51.4 Å². The number of fused-ring (bicyclic) bond motifs is 3. The van der Waals surface area contributed by atoms with Crippen molar-refractivity contribution in [2.24, 2.45) is 23.0 Å². The maximum absolute atomic E-state index is 15.4. The molecule has 212 valence electrons. The van der Waals surface area contributed by atoms with Crippen LogP contribution in [0.3, 0.4) is 0 Å². The van der Waals surface area contributed by atoms with Crippen molar-refractivity contribution >= 4 is 23.2 Å². The highest BCUT2D eigenvalue weighted by Gasteiger charge is 2.64. The Kier molecular flexibility index (Phi) is 6.94. The van der Waals surface area contributed by atoms with Gasteiger partial charge in [0.1, 0.15) is 28.7 Å². The van der Waals surface area contributed by atoms with Gasteiger partial charge >= 0.3 is 0 Å². The van der Waals surface area contributed by atoms with E-state index in [-0.39, 0.29) is 52.8 Å². The van der Waals surface area contributed by atoms with E-state index in [9.17, 15) is 34.8 Å². The molecule has 0 aliphatic heterocycles. The van der Waals surface area contributed by atoms with Crippen molar-refractivity contribution < 1.29 is 39.2 Å². The van der Waals surface area contributed by atoms with Gasteiger partial charge < -0.3 is 31.1 Å². The van der Waals surface area contributed by atoms with Crippen molar-refractivity contribution in [3.63, 3.8) is 0 Å². The fourth-order valence-corrected chi connectivity index (χ4v) is 6.60. The lowest BCUT2D eigenvalue weighted by Gasteiger charge is -2.50. The van der Waals surface area contributed by atoms with Crippen LogP contribution in [0.1, 0.15) is 43.9 Å². The van der Waals surface area contributed by atoms with Gasteiger partial charge in [0.05, 0.1) is 11.6 Å². The van der Waals surface area contributed by atoms with Gasteiger partial charge in [0.15, 0.2) is 11.4 Å². The molecular weight excluding hydrogens is 509 g/mol. The zero-order valence-corrected chi connectivity index (χ0v) is 23.0. The van der Waals surface area contributed by atoms with Crippen LogP contribution in [0.2, 0.25) is 0 Å². The maximum Gasteiger partial charge on any atom is 0.255 e. The largest absolute Gasteiger partial charge is 0.508 e. The van der Waals surface area contributed by atoms with Gasteiger partial charge in [-0.15, -0.1) is 0 Å². The van der Waals surface area contributed by atoms with Crippen LogP contribution in [0, 0.1) is 23.1 Å². The summed E-state index contributed by atoms with van der Waals surface area (Å²) >= 11 is 0. The summed E-state index contributed by atoms with van der Waals surface area (Å²) in [4.78, 5) is 42.4. The first-order valence-electron chi connectivity index (χ1n) is 12.8. The van der Waals surface area contributed by atoms with Crippen molar-refractivity contribution in [1.82, 2.24) is 9.80 Å². The van der Waals surface area contributed by atoms with E-state index in [1.807, 2.05) is 32.7 Å². The number of aliphatic hydroxyl groups excluding tert-OH is 2. The number of phenolic OH excluding ortho intramolecular Hbond substituents is 1. The van der Waals surface area contributed by atoms with E-state index in [1.54, 1.807) is 0 Å². The molecule has 0 aromatic heterocycles. The molecular formula is C28H36FN3O7. The van der Waals surface area contributed by atoms with E-state index < -0.39 is 63.9 Å². The molecule has 39 heavy (non-hydrogen) atoms. The van der Waals surface area contributed by atoms with Crippen molar-refractivity contribution in [2.75, 3.05) is 27.7 Å². The molecule has 4 rings (SSSR count). The zero-order chi connectivity index (χ0) is 29.4. The number of carbonyl (C=O) groups is 3. The van der Waals surface area contributed by atoms with Crippen molar-refractivity contribution in [2.45, 2.75) is 51.8 Å². The number of ketones is 2. The minimum Gasteiger partial charge on any atom is -0.508 e. The number of hydrogen-bond acceptors (Lipinski definition) is 9. The normalized spacial score (nSPS) is 27.2. The summed E-state index contributed by atoms with van der Waals surface area (Å²) in [6, 6.07) is 0.0222. The molecule has 0 saturated heterocycles. The standard InChI is InChI=1S/C28H36FN3O7/c1-27(2,3)11-32(6)10-13-9-16(29)14-7-12-8-15-20(31(4)5)23(35)19(26(30)38)25(37)28(15,39)24(36)17(12)22(34)18(14)21(13)33/h9,12,15,20,33-34,37,39H,7-8,10-11H2,1-6H3,(H2,30,38)/t12-,15-,20-,28-/m0/s1. The third kappa shape index (κ3) is 4.42. The molecule has 6 N–H and O–H groups in total. The van der Waals surface area contributed by atoms with Gasteiger partial charge in [-0.25, -0.2) is 4.39 Å². The second kappa shape index (κ2) is 9.42. The Labute approximate surface area is 226 Å². The molecule has 1 fully saturated rings. The lowest BCUT2D eigenvalue weighted by molar-refractivity contribution is -0.153. The molecule has 0 heterocycles. The minimum absolute atomic E-state index is 0.0142. The van der Waals surface area contributed by atoms with Gasteiger partial charge in [0, 0.05) is 35.7 Å². The van der Waals surface area contributed by atoms with E-state index in [0.717, 1.165) is 0 Å². The van der Waals surface area contributed by atoms with Crippen molar-refractivity contribution in [3.8, 4) is 5.75 Å². The Hall–Kier alpha value is -3.28. The highest BCUT2D eigenvalue weighted by molar-refractivity contribution is 6.24. The van der Waals surface area contributed by atoms with Gasteiger partial charge in [-0.2, -0.15) is 0 Å². The van der Waals surface area contributed by atoms with E-state index >= 15 is 4.39 Å². The quantitative estimate of drug-likeness (QED) is 0.346. The molecule has 1 aromatic carbocycles. The molecule has 1 amide bonds. The van der Waals surface area contributed by atoms with Crippen LogP contribution < -0.4 is 5.73 Å². The third-order valence-corrected chi connectivity index (χ3v) is 7.93. The molecule has 0 bridgehead atoms.